The smallest absolute Gasteiger partial charge is 0.0585 e. The van der Waals surface area contributed by atoms with Crippen LogP contribution in [0.3, 0.4) is 0 Å². The molecule has 3 heteroatoms. The monoisotopic (exact) mass is 151 g/mol. The average molecular weight is 152 g/mol. The summed E-state index contributed by atoms with van der Waals surface area (Å²) >= 11 is 0. The van der Waals surface area contributed by atoms with Gasteiger partial charge in [-0.1, -0.05) is 0 Å². The first-order valence-corrected chi connectivity index (χ1v) is 3.03. The average Bonchev–Trinajstić information content (AvgIpc) is 2.17. The fraction of sp³-hybridized carbons (Fsp3) is 1.00. The van der Waals surface area contributed by atoms with Crippen molar-refractivity contribution in [3.63, 3.8) is 0 Å². The Labute approximate surface area is 62.3 Å². The zero-order chi connectivity index (χ0) is 6.15. The SMILES string of the molecule is CN(C)C[C@@H]1C[C@H]1O.Cl. The third-order valence-corrected chi connectivity index (χ3v) is 1.48. The third kappa shape index (κ3) is 3.04. The maximum absolute atomic E-state index is 8.85. The van der Waals surface area contributed by atoms with Gasteiger partial charge in [-0.05, 0) is 26.4 Å². The van der Waals surface area contributed by atoms with Crippen LogP contribution in [-0.4, -0.2) is 36.8 Å². The summed E-state index contributed by atoms with van der Waals surface area (Å²) in [6.45, 7) is 1.04. The van der Waals surface area contributed by atoms with Gasteiger partial charge in [0.1, 0.15) is 0 Å². The summed E-state index contributed by atoms with van der Waals surface area (Å²) in [6, 6.07) is 0. The quantitative estimate of drug-likeness (QED) is 0.616. The molecule has 0 aromatic rings. The van der Waals surface area contributed by atoms with E-state index in [1.54, 1.807) is 0 Å². The molecule has 1 fully saturated rings. The molecule has 1 rings (SSSR count). The van der Waals surface area contributed by atoms with Crippen molar-refractivity contribution in [2.75, 3.05) is 20.6 Å². The molecule has 0 spiro atoms. The minimum atomic E-state index is 0. The summed E-state index contributed by atoms with van der Waals surface area (Å²) < 4.78 is 0. The summed E-state index contributed by atoms with van der Waals surface area (Å²) in [5.41, 5.74) is 0. The fourth-order valence-electron chi connectivity index (χ4n) is 0.897. The van der Waals surface area contributed by atoms with E-state index in [1.165, 1.54) is 0 Å². The van der Waals surface area contributed by atoms with Gasteiger partial charge in [0.25, 0.3) is 0 Å². The van der Waals surface area contributed by atoms with Crippen molar-refractivity contribution in [1.29, 1.82) is 0 Å². The van der Waals surface area contributed by atoms with Gasteiger partial charge in [-0.25, -0.2) is 0 Å². The Balaban J connectivity index is 0.000000640. The number of nitrogens with zero attached hydrogens (tertiary/aromatic N) is 1. The van der Waals surface area contributed by atoms with Gasteiger partial charge in [0.15, 0.2) is 0 Å². The molecule has 1 aliphatic carbocycles. The second kappa shape index (κ2) is 3.40. The van der Waals surface area contributed by atoms with E-state index >= 15 is 0 Å². The number of hydrogen-bond acceptors (Lipinski definition) is 2. The highest BCUT2D eigenvalue weighted by molar-refractivity contribution is 5.85. The standard InChI is InChI=1S/C6H13NO.ClH/c1-7(2)4-5-3-6(5)8;/h5-6,8H,3-4H2,1-2H3;1H/t5-,6+;/m0./s1. The Morgan fingerprint density at radius 1 is 1.56 bits per heavy atom. The molecule has 0 aromatic heterocycles. The van der Waals surface area contributed by atoms with Gasteiger partial charge in [-0.2, -0.15) is 0 Å². The van der Waals surface area contributed by atoms with Gasteiger partial charge < -0.3 is 10.0 Å². The number of rotatable bonds is 2. The van der Waals surface area contributed by atoms with Gasteiger partial charge >= 0.3 is 0 Å². The van der Waals surface area contributed by atoms with Crippen LogP contribution in [0, 0.1) is 5.92 Å². The molecule has 56 valence electrons. The van der Waals surface area contributed by atoms with Crippen molar-refractivity contribution in [2.24, 2.45) is 5.92 Å². The molecule has 0 aliphatic heterocycles. The Kier molecular flexibility index (Phi) is 3.48. The lowest BCUT2D eigenvalue weighted by molar-refractivity contribution is 0.243. The molecule has 0 bridgehead atoms. The first-order valence-electron chi connectivity index (χ1n) is 3.03. The van der Waals surface area contributed by atoms with E-state index in [1.807, 2.05) is 14.1 Å². The zero-order valence-electron chi connectivity index (χ0n) is 5.87. The zero-order valence-corrected chi connectivity index (χ0v) is 6.69. The molecule has 0 radical (unpaired) electrons. The van der Waals surface area contributed by atoms with Crippen LogP contribution in [0.2, 0.25) is 0 Å². The highest BCUT2D eigenvalue weighted by atomic mass is 35.5. The molecule has 0 amide bonds. The molecular formula is C6H14ClNO. The van der Waals surface area contributed by atoms with Crippen LogP contribution >= 0.6 is 12.4 Å². The molecule has 0 saturated heterocycles. The molecule has 0 unspecified atom stereocenters. The molecule has 1 N–H and O–H groups in total. The molecular weight excluding hydrogens is 138 g/mol. The van der Waals surface area contributed by atoms with Crippen LogP contribution in [-0.2, 0) is 0 Å². The van der Waals surface area contributed by atoms with Gasteiger partial charge in [0, 0.05) is 6.54 Å². The van der Waals surface area contributed by atoms with Crippen LogP contribution in [0.1, 0.15) is 6.42 Å². The lowest BCUT2D eigenvalue weighted by Crippen LogP contribution is -2.15. The summed E-state index contributed by atoms with van der Waals surface area (Å²) in [6.07, 6.45) is 1.02. The molecule has 1 saturated carbocycles. The minimum Gasteiger partial charge on any atom is -0.393 e. The maximum Gasteiger partial charge on any atom is 0.0585 e. The largest absolute Gasteiger partial charge is 0.393 e. The van der Waals surface area contributed by atoms with Crippen molar-refractivity contribution < 1.29 is 5.11 Å². The van der Waals surface area contributed by atoms with Gasteiger partial charge in [-0.3, -0.25) is 0 Å². The maximum atomic E-state index is 8.85. The number of halogens is 1. The van der Waals surface area contributed by atoms with Crippen molar-refractivity contribution in [1.82, 2.24) is 4.90 Å². The van der Waals surface area contributed by atoms with E-state index in [0.717, 1.165) is 13.0 Å². The van der Waals surface area contributed by atoms with E-state index in [9.17, 15) is 0 Å². The van der Waals surface area contributed by atoms with E-state index in [4.69, 9.17) is 5.11 Å². The summed E-state index contributed by atoms with van der Waals surface area (Å²) in [4.78, 5) is 2.11. The van der Waals surface area contributed by atoms with Crippen LogP contribution in [0.4, 0.5) is 0 Å². The van der Waals surface area contributed by atoms with Gasteiger partial charge in [-0.15, -0.1) is 12.4 Å². The fourth-order valence-corrected chi connectivity index (χ4v) is 0.897. The van der Waals surface area contributed by atoms with E-state index in [-0.39, 0.29) is 18.5 Å². The first-order chi connectivity index (χ1) is 3.70. The van der Waals surface area contributed by atoms with Crippen molar-refractivity contribution in [3.05, 3.63) is 0 Å². The summed E-state index contributed by atoms with van der Waals surface area (Å²) in [7, 11) is 4.07. The lowest BCUT2D eigenvalue weighted by Gasteiger charge is -2.06. The Morgan fingerprint density at radius 3 is 2.11 bits per heavy atom. The molecule has 1 aliphatic rings. The second-order valence-electron chi connectivity index (χ2n) is 2.83. The molecule has 2 atom stereocenters. The number of aliphatic hydroxyl groups is 1. The summed E-state index contributed by atoms with van der Waals surface area (Å²) in [5.74, 6) is 0.574. The van der Waals surface area contributed by atoms with Crippen LogP contribution in [0.5, 0.6) is 0 Å². The van der Waals surface area contributed by atoms with E-state index in [2.05, 4.69) is 4.90 Å². The predicted molar refractivity (Wildman–Crippen MR) is 39.9 cm³/mol. The Hall–Kier alpha value is 0.210. The molecule has 9 heavy (non-hydrogen) atoms. The van der Waals surface area contributed by atoms with Crippen LogP contribution in [0.15, 0.2) is 0 Å². The van der Waals surface area contributed by atoms with Gasteiger partial charge in [0.2, 0.25) is 0 Å². The number of hydrogen-bond donors (Lipinski definition) is 1. The third-order valence-electron chi connectivity index (χ3n) is 1.48. The van der Waals surface area contributed by atoms with Crippen molar-refractivity contribution in [2.45, 2.75) is 12.5 Å². The molecule has 2 nitrogen and oxygen atoms in total. The minimum absolute atomic E-state index is 0. The van der Waals surface area contributed by atoms with Crippen LogP contribution < -0.4 is 0 Å². The van der Waals surface area contributed by atoms with Crippen molar-refractivity contribution in [3.8, 4) is 0 Å². The Morgan fingerprint density at radius 2 is 2.00 bits per heavy atom. The summed E-state index contributed by atoms with van der Waals surface area (Å²) in [5, 5.41) is 8.85. The predicted octanol–water partition coefficient (Wildman–Crippen LogP) is 0.351. The number of aliphatic hydroxyl groups excluding tert-OH is 1. The second-order valence-corrected chi connectivity index (χ2v) is 2.83. The van der Waals surface area contributed by atoms with Crippen molar-refractivity contribution >= 4 is 12.4 Å². The molecule has 0 aromatic carbocycles. The highest BCUT2D eigenvalue weighted by Crippen LogP contribution is 2.29. The molecule has 0 heterocycles. The Bertz CT molecular complexity index is 87.1. The van der Waals surface area contributed by atoms with Crippen LogP contribution in [0.25, 0.3) is 0 Å². The van der Waals surface area contributed by atoms with E-state index in [0.29, 0.717) is 5.92 Å². The normalized spacial score (nSPS) is 32.0. The highest BCUT2D eigenvalue weighted by Gasteiger charge is 2.34. The van der Waals surface area contributed by atoms with Gasteiger partial charge in [0.05, 0.1) is 6.10 Å². The van der Waals surface area contributed by atoms with E-state index < -0.39 is 0 Å². The topological polar surface area (TPSA) is 23.5 Å². The lowest BCUT2D eigenvalue weighted by atomic mass is 10.4. The first kappa shape index (κ1) is 9.21.